The van der Waals surface area contributed by atoms with Crippen LogP contribution in [0.4, 0.5) is 4.79 Å². The Morgan fingerprint density at radius 2 is 2.14 bits per heavy atom. The maximum atomic E-state index is 11.0. The summed E-state index contributed by atoms with van der Waals surface area (Å²) in [5.74, 6) is 0. The Kier molecular flexibility index (Phi) is 3.98. The third kappa shape index (κ3) is 2.76. The predicted molar refractivity (Wildman–Crippen MR) is 54.7 cm³/mol. The van der Waals surface area contributed by atoms with E-state index < -0.39 is 6.09 Å². The first-order chi connectivity index (χ1) is 6.77. The van der Waals surface area contributed by atoms with Crippen molar-refractivity contribution >= 4 is 6.09 Å². The molecule has 1 aromatic carbocycles. The number of carbonyl (C=O) groups excluding carboxylic acids is 1. The van der Waals surface area contributed by atoms with E-state index in [4.69, 9.17) is 4.74 Å². The van der Waals surface area contributed by atoms with E-state index >= 15 is 0 Å². The summed E-state index contributed by atoms with van der Waals surface area (Å²) in [7, 11) is 1.54. The van der Waals surface area contributed by atoms with Crippen LogP contribution in [0.1, 0.15) is 18.1 Å². The second-order valence-corrected chi connectivity index (χ2v) is 2.84. The zero-order valence-electron chi connectivity index (χ0n) is 8.19. The van der Waals surface area contributed by atoms with E-state index in [0.717, 1.165) is 5.56 Å². The molecule has 0 heterocycles. The Bertz CT molecular complexity index is 285. The summed E-state index contributed by atoms with van der Waals surface area (Å²) in [4.78, 5) is 11.0. The van der Waals surface area contributed by atoms with Crippen LogP contribution in [0.2, 0.25) is 0 Å². The first-order valence-electron chi connectivity index (χ1n) is 4.50. The molecule has 0 bridgehead atoms. The number of nitrogens with one attached hydrogen (secondary N) is 1. The highest BCUT2D eigenvalue weighted by atomic mass is 16.6. The van der Waals surface area contributed by atoms with Crippen LogP contribution >= 0.6 is 0 Å². The number of hydrogen-bond donors (Lipinski definition) is 1. The van der Waals surface area contributed by atoms with Crippen molar-refractivity contribution in [2.24, 2.45) is 0 Å². The van der Waals surface area contributed by atoms with Crippen LogP contribution in [0.3, 0.4) is 0 Å². The molecule has 1 atom stereocenters. The molecule has 0 saturated heterocycles. The lowest BCUT2D eigenvalue weighted by Gasteiger charge is -2.15. The molecule has 1 radical (unpaired) electrons. The summed E-state index contributed by atoms with van der Waals surface area (Å²) in [5, 5.41) is 2.41. The third-order valence-corrected chi connectivity index (χ3v) is 1.89. The SMILES string of the molecule is [CH2]CC(OC(=O)NC)c1ccccc1. The summed E-state index contributed by atoms with van der Waals surface area (Å²) in [5.41, 5.74) is 0.964. The van der Waals surface area contributed by atoms with Gasteiger partial charge in [-0.3, -0.25) is 0 Å². The average molecular weight is 192 g/mol. The van der Waals surface area contributed by atoms with Crippen LogP contribution < -0.4 is 5.32 Å². The maximum absolute atomic E-state index is 11.0. The second-order valence-electron chi connectivity index (χ2n) is 2.84. The summed E-state index contributed by atoms with van der Waals surface area (Å²) in [6, 6.07) is 9.57. The summed E-state index contributed by atoms with van der Waals surface area (Å²) in [6.45, 7) is 3.74. The highest BCUT2D eigenvalue weighted by Crippen LogP contribution is 2.19. The van der Waals surface area contributed by atoms with Gasteiger partial charge < -0.3 is 10.1 Å². The molecule has 0 aliphatic carbocycles. The van der Waals surface area contributed by atoms with E-state index in [0.29, 0.717) is 6.42 Å². The first kappa shape index (κ1) is 10.6. The lowest BCUT2D eigenvalue weighted by Crippen LogP contribution is -2.21. The highest BCUT2D eigenvalue weighted by molar-refractivity contribution is 5.67. The molecule has 0 aliphatic heterocycles. The second kappa shape index (κ2) is 5.27. The van der Waals surface area contributed by atoms with Crippen LogP contribution in [0.25, 0.3) is 0 Å². The van der Waals surface area contributed by atoms with Crippen molar-refractivity contribution < 1.29 is 9.53 Å². The predicted octanol–water partition coefficient (Wildman–Crippen LogP) is 2.31. The van der Waals surface area contributed by atoms with Crippen molar-refractivity contribution in [2.45, 2.75) is 12.5 Å². The van der Waals surface area contributed by atoms with E-state index in [1.54, 1.807) is 0 Å². The molecule has 75 valence electrons. The number of hydrogen-bond acceptors (Lipinski definition) is 2. The number of ether oxygens (including phenoxy) is 1. The molecule has 1 N–H and O–H groups in total. The quantitative estimate of drug-likeness (QED) is 0.798. The lowest BCUT2D eigenvalue weighted by atomic mass is 10.1. The van der Waals surface area contributed by atoms with Gasteiger partial charge in [-0.25, -0.2) is 4.79 Å². The van der Waals surface area contributed by atoms with Gasteiger partial charge in [-0.1, -0.05) is 30.3 Å². The fourth-order valence-corrected chi connectivity index (χ4v) is 1.15. The largest absolute Gasteiger partial charge is 0.441 e. The number of amides is 1. The Labute approximate surface area is 84.1 Å². The molecule has 0 saturated carbocycles. The average Bonchev–Trinajstić information content (AvgIpc) is 2.26. The van der Waals surface area contributed by atoms with Crippen LogP contribution in [-0.4, -0.2) is 13.1 Å². The normalized spacial score (nSPS) is 11.9. The van der Waals surface area contributed by atoms with Crippen LogP contribution in [0.5, 0.6) is 0 Å². The Morgan fingerprint density at radius 3 is 2.64 bits per heavy atom. The smallest absolute Gasteiger partial charge is 0.407 e. The van der Waals surface area contributed by atoms with Gasteiger partial charge in [0.05, 0.1) is 0 Å². The molecule has 0 aliphatic rings. The highest BCUT2D eigenvalue weighted by Gasteiger charge is 2.12. The molecule has 1 aromatic rings. The molecule has 1 amide bonds. The van der Waals surface area contributed by atoms with E-state index in [2.05, 4.69) is 12.2 Å². The molecule has 1 unspecified atom stereocenters. The molecule has 0 aromatic heterocycles. The van der Waals surface area contributed by atoms with Crippen molar-refractivity contribution in [3.63, 3.8) is 0 Å². The van der Waals surface area contributed by atoms with Crippen LogP contribution in [0.15, 0.2) is 30.3 Å². The van der Waals surface area contributed by atoms with Gasteiger partial charge in [0.25, 0.3) is 0 Å². The summed E-state index contributed by atoms with van der Waals surface area (Å²) < 4.78 is 5.12. The van der Waals surface area contributed by atoms with Gasteiger partial charge in [0.2, 0.25) is 0 Å². The number of rotatable bonds is 3. The molecular weight excluding hydrogens is 178 g/mol. The topological polar surface area (TPSA) is 38.3 Å². The fraction of sp³-hybridized carbons (Fsp3) is 0.273. The van der Waals surface area contributed by atoms with E-state index in [1.807, 2.05) is 30.3 Å². The number of benzene rings is 1. The molecule has 0 spiro atoms. The minimum Gasteiger partial charge on any atom is -0.441 e. The van der Waals surface area contributed by atoms with Crippen molar-refractivity contribution in [2.75, 3.05) is 7.05 Å². The molecule has 1 rings (SSSR count). The van der Waals surface area contributed by atoms with Gasteiger partial charge in [0, 0.05) is 7.05 Å². The minimum atomic E-state index is -0.428. The van der Waals surface area contributed by atoms with Gasteiger partial charge in [0.1, 0.15) is 6.10 Å². The zero-order chi connectivity index (χ0) is 10.4. The molecule has 0 fully saturated rings. The van der Waals surface area contributed by atoms with Crippen LogP contribution in [0, 0.1) is 6.92 Å². The molecule has 3 nitrogen and oxygen atoms in total. The Hall–Kier alpha value is -1.51. The lowest BCUT2D eigenvalue weighted by molar-refractivity contribution is 0.100. The van der Waals surface area contributed by atoms with Gasteiger partial charge in [0.15, 0.2) is 0 Å². The summed E-state index contributed by atoms with van der Waals surface area (Å²) in [6.07, 6.45) is -0.170. The van der Waals surface area contributed by atoms with Gasteiger partial charge in [-0.15, -0.1) is 0 Å². The monoisotopic (exact) mass is 192 g/mol. The van der Waals surface area contributed by atoms with Crippen LogP contribution in [-0.2, 0) is 4.74 Å². The molecule has 14 heavy (non-hydrogen) atoms. The molecule has 3 heteroatoms. The van der Waals surface area contributed by atoms with Crippen molar-refractivity contribution in [1.82, 2.24) is 5.32 Å². The fourth-order valence-electron chi connectivity index (χ4n) is 1.15. The summed E-state index contributed by atoms with van der Waals surface area (Å²) >= 11 is 0. The standard InChI is InChI=1S/C11H14NO2/c1-3-10(14-11(13)12-2)9-7-5-4-6-8-9/h4-8,10H,1,3H2,2H3,(H,12,13). The third-order valence-electron chi connectivity index (χ3n) is 1.89. The van der Waals surface area contributed by atoms with Crippen molar-refractivity contribution in [3.05, 3.63) is 42.8 Å². The number of alkyl carbamates (subject to hydrolysis) is 1. The zero-order valence-corrected chi connectivity index (χ0v) is 8.19. The van der Waals surface area contributed by atoms with Crippen molar-refractivity contribution in [1.29, 1.82) is 0 Å². The van der Waals surface area contributed by atoms with E-state index in [-0.39, 0.29) is 6.10 Å². The van der Waals surface area contributed by atoms with Gasteiger partial charge >= 0.3 is 6.09 Å². The maximum Gasteiger partial charge on any atom is 0.407 e. The Balaban J connectivity index is 2.68. The van der Waals surface area contributed by atoms with Gasteiger partial charge in [-0.05, 0) is 18.9 Å². The minimum absolute atomic E-state index is 0.267. The van der Waals surface area contributed by atoms with E-state index in [1.165, 1.54) is 7.05 Å². The first-order valence-corrected chi connectivity index (χ1v) is 4.50. The van der Waals surface area contributed by atoms with Crippen molar-refractivity contribution in [3.8, 4) is 0 Å². The molecular formula is C11H14NO2. The Morgan fingerprint density at radius 1 is 1.50 bits per heavy atom. The van der Waals surface area contributed by atoms with E-state index in [9.17, 15) is 4.79 Å². The number of carbonyl (C=O) groups is 1. The van der Waals surface area contributed by atoms with Gasteiger partial charge in [-0.2, -0.15) is 0 Å².